The molecule has 0 atom stereocenters. The van der Waals surface area contributed by atoms with E-state index in [0.29, 0.717) is 11.3 Å². The molecule has 0 fully saturated rings. The minimum atomic E-state index is -0.393. The number of carbonyl (C=O) groups excluding carboxylic acids is 1. The molecule has 1 aromatic heterocycles. The number of thiocarbonyl (C=S) groups is 1. The number of pyridine rings is 1. The van der Waals surface area contributed by atoms with Crippen molar-refractivity contribution in [3.63, 3.8) is 0 Å². The molecule has 0 N–H and O–H groups in total. The van der Waals surface area contributed by atoms with E-state index >= 15 is 0 Å². The van der Waals surface area contributed by atoms with Crippen LogP contribution in [0.1, 0.15) is 16.1 Å². The Morgan fingerprint density at radius 3 is 3.08 bits per heavy atom. The van der Waals surface area contributed by atoms with Crippen molar-refractivity contribution in [3.05, 3.63) is 29.6 Å². The molecule has 0 bridgehead atoms. The fourth-order valence-electron chi connectivity index (χ4n) is 0.812. The zero-order valence-electron chi connectivity index (χ0n) is 6.44. The number of isothiocyanates is 1. The van der Waals surface area contributed by atoms with Crippen molar-refractivity contribution in [2.24, 2.45) is 4.99 Å². The standard InChI is InChI=1S/C8H6N2OS/c1-6-7(3-2-4-9-6)8(11)10-5-12/h2-4H,1H3. The van der Waals surface area contributed by atoms with Crippen LogP contribution in [-0.4, -0.2) is 16.1 Å². The van der Waals surface area contributed by atoms with Crippen LogP contribution in [-0.2, 0) is 0 Å². The fraction of sp³-hybridized carbons (Fsp3) is 0.125. The average Bonchev–Trinajstić information content (AvgIpc) is 2.05. The molecule has 4 heteroatoms. The predicted molar refractivity (Wildman–Crippen MR) is 48.3 cm³/mol. The van der Waals surface area contributed by atoms with Gasteiger partial charge in [0.15, 0.2) is 0 Å². The van der Waals surface area contributed by atoms with Crippen LogP contribution in [0.3, 0.4) is 0 Å². The fourth-order valence-corrected chi connectivity index (χ4v) is 0.895. The highest BCUT2D eigenvalue weighted by Gasteiger charge is 2.05. The summed E-state index contributed by atoms with van der Waals surface area (Å²) >= 11 is 4.31. The number of aryl methyl sites for hydroxylation is 1. The molecule has 1 amide bonds. The van der Waals surface area contributed by atoms with E-state index < -0.39 is 5.91 Å². The van der Waals surface area contributed by atoms with Gasteiger partial charge in [0.2, 0.25) is 0 Å². The minimum Gasteiger partial charge on any atom is -0.266 e. The van der Waals surface area contributed by atoms with Gasteiger partial charge in [-0.2, -0.15) is 4.99 Å². The molecular formula is C8H6N2OS. The third-order valence-electron chi connectivity index (χ3n) is 1.38. The molecule has 1 rings (SSSR count). The molecule has 1 aromatic rings. The van der Waals surface area contributed by atoms with Crippen molar-refractivity contribution in [3.8, 4) is 0 Å². The molecule has 60 valence electrons. The normalized spacial score (nSPS) is 8.75. The molecule has 0 spiro atoms. The summed E-state index contributed by atoms with van der Waals surface area (Å²) in [6.07, 6.45) is 1.62. The van der Waals surface area contributed by atoms with Crippen LogP contribution < -0.4 is 0 Å². The van der Waals surface area contributed by atoms with Gasteiger partial charge >= 0.3 is 0 Å². The first-order chi connectivity index (χ1) is 5.75. The second-order valence-corrected chi connectivity index (χ2v) is 2.33. The van der Waals surface area contributed by atoms with Crippen LogP contribution in [0, 0.1) is 6.92 Å². The van der Waals surface area contributed by atoms with Crippen molar-refractivity contribution in [2.75, 3.05) is 0 Å². The summed E-state index contributed by atoms with van der Waals surface area (Å²) in [6, 6.07) is 3.33. The van der Waals surface area contributed by atoms with Crippen LogP contribution in [0.2, 0.25) is 0 Å². The summed E-state index contributed by atoms with van der Waals surface area (Å²) in [7, 11) is 0. The van der Waals surface area contributed by atoms with Crippen molar-refractivity contribution in [1.82, 2.24) is 4.98 Å². The highest BCUT2D eigenvalue weighted by Crippen LogP contribution is 2.04. The quantitative estimate of drug-likeness (QED) is 0.485. The van der Waals surface area contributed by atoms with Gasteiger partial charge in [-0.15, -0.1) is 0 Å². The molecule has 12 heavy (non-hydrogen) atoms. The van der Waals surface area contributed by atoms with E-state index in [9.17, 15) is 4.79 Å². The summed E-state index contributed by atoms with van der Waals surface area (Å²) in [5.41, 5.74) is 1.12. The number of aromatic nitrogens is 1. The Hall–Kier alpha value is -1.38. The lowest BCUT2D eigenvalue weighted by molar-refractivity contribution is 0.100. The number of hydrogen-bond donors (Lipinski definition) is 0. The van der Waals surface area contributed by atoms with Gasteiger partial charge in [0.05, 0.1) is 16.4 Å². The predicted octanol–water partition coefficient (Wildman–Crippen LogP) is 1.63. The summed E-state index contributed by atoms with van der Waals surface area (Å²) in [5.74, 6) is -0.393. The van der Waals surface area contributed by atoms with E-state index in [1.807, 2.05) is 5.16 Å². The first-order valence-electron chi connectivity index (χ1n) is 3.29. The van der Waals surface area contributed by atoms with Crippen molar-refractivity contribution >= 4 is 23.3 Å². The zero-order chi connectivity index (χ0) is 8.97. The van der Waals surface area contributed by atoms with Gasteiger partial charge in [-0.1, -0.05) is 0 Å². The third kappa shape index (κ3) is 1.81. The highest BCUT2D eigenvalue weighted by molar-refractivity contribution is 7.78. The lowest BCUT2D eigenvalue weighted by Crippen LogP contribution is -1.98. The van der Waals surface area contributed by atoms with Gasteiger partial charge < -0.3 is 0 Å². The molecule has 0 radical (unpaired) electrons. The Labute approximate surface area is 75.2 Å². The summed E-state index contributed by atoms with van der Waals surface area (Å²) < 4.78 is 0. The van der Waals surface area contributed by atoms with E-state index in [0.717, 1.165) is 0 Å². The van der Waals surface area contributed by atoms with Crippen LogP contribution in [0.25, 0.3) is 0 Å². The number of carbonyl (C=O) groups is 1. The maximum atomic E-state index is 11.1. The van der Waals surface area contributed by atoms with Crippen LogP contribution >= 0.6 is 12.2 Å². The molecule has 3 nitrogen and oxygen atoms in total. The second-order valence-electron chi connectivity index (χ2n) is 2.14. The topological polar surface area (TPSA) is 42.3 Å². The first-order valence-corrected chi connectivity index (χ1v) is 3.70. The lowest BCUT2D eigenvalue weighted by Gasteiger charge is -1.96. The summed E-state index contributed by atoms with van der Waals surface area (Å²) in [6.45, 7) is 1.74. The summed E-state index contributed by atoms with van der Waals surface area (Å²) in [4.78, 5) is 18.4. The van der Waals surface area contributed by atoms with Crippen molar-refractivity contribution < 1.29 is 4.79 Å². The highest BCUT2D eigenvalue weighted by atomic mass is 32.1. The van der Waals surface area contributed by atoms with E-state index in [1.54, 1.807) is 25.3 Å². The van der Waals surface area contributed by atoms with Crippen LogP contribution in [0.15, 0.2) is 23.3 Å². The Morgan fingerprint density at radius 2 is 2.50 bits per heavy atom. The van der Waals surface area contributed by atoms with Gasteiger partial charge in [0.1, 0.15) is 0 Å². The zero-order valence-corrected chi connectivity index (χ0v) is 7.26. The van der Waals surface area contributed by atoms with Gasteiger partial charge in [0, 0.05) is 6.20 Å². The Kier molecular flexibility index (Phi) is 2.80. The van der Waals surface area contributed by atoms with E-state index in [2.05, 4.69) is 22.2 Å². The molecule has 1 heterocycles. The maximum Gasteiger partial charge on any atom is 0.287 e. The number of amides is 1. The van der Waals surface area contributed by atoms with Crippen LogP contribution in [0.4, 0.5) is 0 Å². The van der Waals surface area contributed by atoms with E-state index in [4.69, 9.17) is 0 Å². The molecule has 0 aromatic carbocycles. The van der Waals surface area contributed by atoms with Gasteiger partial charge in [0.25, 0.3) is 5.91 Å². The Morgan fingerprint density at radius 1 is 1.75 bits per heavy atom. The SMILES string of the molecule is Cc1ncccc1C(=O)N=C=S. The molecule has 0 aliphatic heterocycles. The van der Waals surface area contributed by atoms with Gasteiger partial charge in [-0.3, -0.25) is 9.78 Å². The number of hydrogen-bond acceptors (Lipinski definition) is 3. The summed E-state index contributed by atoms with van der Waals surface area (Å²) in [5, 5.41) is 2.02. The number of nitrogens with zero attached hydrogens (tertiary/aromatic N) is 2. The molecular weight excluding hydrogens is 172 g/mol. The van der Waals surface area contributed by atoms with Crippen molar-refractivity contribution in [1.29, 1.82) is 0 Å². The van der Waals surface area contributed by atoms with Gasteiger partial charge in [-0.05, 0) is 31.3 Å². The molecule has 0 saturated heterocycles. The molecule has 0 unspecified atom stereocenters. The van der Waals surface area contributed by atoms with Crippen LogP contribution in [0.5, 0.6) is 0 Å². The molecule has 0 aliphatic rings. The average molecular weight is 178 g/mol. The first kappa shape index (κ1) is 8.71. The van der Waals surface area contributed by atoms with Crippen molar-refractivity contribution in [2.45, 2.75) is 6.92 Å². The molecule has 0 saturated carbocycles. The second kappa shape index (κ2) is 3.85. The third-order valence-corrected chi connectivity index (χ3v) is 1.48. The van der Waals surface area contributed by atoms with Gasteiger partial charge in [-0.25, -0.2) is 0 Å². The number of aliphatic imine (C=N–C) groups is 1. The Balaban J connectivity index is 3.11. The number of rotatable bonds is 1. The minimum absolute atomic E-state index is 0.393. The largest absolute Gasteiger partial charge is 0.287 e. The Bertz CT molecular complexity index is 356. The lowest BCUT2D eigenvalue weighted by atomic mass is 10.2. The monoisotopic (exact) mass is 178 g/mol. The van der Waals surface area contributed by atoms with E-state index in [1.165, 1.54) is 0 Å². The molecule has 0 aliphatic carbocycles. The smallest absolute Gasteiger partial charge is 0.266 e. The maximum absolute atomic E-state index is 11.1. The van der Waals surface area contributed by atoms with E-state index in [-0.39, 0.29) is 0 Å².